The Morgan fingerprint density at radius 1 is 1.24 bits per heavy atom. The second kappa shape index (κ2) is 8.10. The summed E-state index contributed by atoms with van der Waals surface area (Å²) in [4.78, 5) is 41.5. The third kappa shape index (κ3) is 3.67. The van der Waals surface area contributed by atoms with E-state index in [1.165, 1.54) is 0 Å². The highest BCUT2D eigenvalue weighted by atomic mass is 32.2. The summed E-state index contributed by atoms with van der Waals surface area (Å²) in [7, 11) is 1.62. The van der Waals surface area contributed by atoms with E-state index in [-0.39, 0.29) is 41.4 Å². The molecule has 3 heterocycles. The van der Waals surface area contributed by atoms with Crippen molar-refractivity contribution in [1.82, 2.24) is 15.5 Å². The highest BCUT2D eigenvalue weighted by Gasteiger charge is 2.75. The zero-order valence-corrected chi connectivity index (χ0v) is 19.0. The van der Waals surface area contributed by atoms with Gasteiger partial charge >= 0.3 is 0 Å². The minimum atomic E-state index is -0.562. The summed E-state index contributed by atoms with van der Waals surface area (Å²) < 4.78 is -0.550. The molecular weight excluding hydrogens is 390 g/mol. The van der Waals surface area contributed by atoms with Crippen LogP contribution in [0.4, 0.5) is 0 Å². The van der Waals surface area contributed by atoms with Gasteiger partial charge in [-0.2, -0.15) is 0 Å². The number of nitrogens with zero attached hydrogens (tertiary/aromatic N) is 1. The molecule has 0 aromatic heterocycles. The molecule has 3 N–H and O–H groups in total. The number of amides is 3. The van der Waals surface area contributed by atoms with E-state index in [9.17, 15) is 14.4 Å². The van der Waals surface area contributed by atoms with Crippen LogP contribution in [-0.4, -0.2) is 69.5 Å². The van der Waals surface area contributed by atoms with Crippen LogP contribution in [0.1, 0.15) is 53.4 Å². The molecule has 0 radical (unpaired) electrons. The van der Waals surface area contributed by atoms with Crippen LogP contribution >= 0.6 is 11.8 Å². The summed E-state index contributed by atoms with van der Waals surface area (Å²) in [6.07, 6.45) is 3.07. The third-order valence-corrected chi connectivity index (χ3v) is 8.67. The molecule has 1 spiro atoms. The van der Waals surface area contributed by atoms with Crippen LogP contribution in [0.2, 0.25) is 0 Å². The second-order valence-corrected chi connectivity index (χ2v) is 11.3. The summed E-state index contributed by atoms with van der Waals surface area (Å²) >= 11 is 1.70. The van der Waals surface area contributed by atoms with E-state index in [1.807, 2.05) is 20.8 Å². The number of aliphatic hydroxyl groups is 1. The van der Waals surface area contributed by atoms with E-state index in [0.717, 1.165) is 19.3 Å². The summed E-state index contributed by atoms with van der Waals surface area (Å²) in [5.74, 6) is -0.903. The first kappa shape index (κ1) is 22.4. The van der Waals surface area contributed by atoms with Crippen molar-refractivity contribution in [2.45, 2.75) is 75.0 Å². The molecule has 164 valence electrons. The topological polar surface area (TPSA) is 98.7 Å². The minimum absolute atomic E-state index is 0.0572. The first-order chi connectivity index (χ1) is 13.6. The van der Waals surface area contributed by atoms with E-state index in [4.69, 9.17) is 5.11 Å². The fraction of sp³-hybridized carbons (Fsp3) is 0.857. The normalized spacial score (nSPS) is 35.7. The quantitative estimate of drug-likeness (QED) is 0.532. The molecule has 0 aromatic rings. The molecule has 3 amide bonds. The first-order valence-corrected chi connectivity index (χ1v) is 11.6. The molecule has 3 fully saturated rings. The van der Waals surface area contributed by atoms with Crippen LogP contribution < -0.4 is 10.6 Å². The predicted octanol–water partition coefficient (Wildman–Crippen LogP) is 1.15. The molecule has 29 heavy (non-hydrogen) atoms. The van der Waals surface area contributed by atoms with Gasteiger partial charge in [-0.25, -0.2) is 0 Å². The number of hydrogen-bond donors (Lipinski definition) is 3. The van der Waals surface area contributed by atoms with E-state index in [1.54, 1.807) is 23.7 Å². The molecule has 3 aliphatic rings. The Morgan fingerprint density at radius 2 is 1.93 bits per heavy atom. The smallest absolute Gasteiger partial charge is 0.244 e. The van der Waals surface area contributed by atoms with Crippen molar-refractivity contribution < 1.29 is 19.5 Å². The summed E-state index contributed by atoms with van der Waals surface area (Å²) in [6, 6.07) is -0.562. The van der Waals surface area contributed by atoms with Crippen LogP contribution in [0.3, 0.4) is 0 Å². The molecule has 0 aromatic carbocycles. The SMILES string of the molecule is CNC(=O)[C@@H]1[C@H]2C(=O)N(CCCCCO)C(C(=O)NC(C)(C)C)C23S[C@@H]1CC3C. The summed E-state index contributed by atoms with van der Waals surface area (Å²) in [6.45, 7) is 8.56. The van der Waals surface area contributed by atoms with Crippen molar-refractivity contribution in [2.75, 3.05) is 20.2 Å². The van der Waals surface area contributed by atoms with E-state index < -0.39 is 22.2 Å². The Bertz CT molecular complexity index is 679. The van der Waals surface area contributed by atoms with Gasteiger partial charge in [-0.15, -0.1) is 11.8 Å². The summed E-state index contributed by atoms with van der Waals surface area (Å²) in [5.41, 5.74) is -0.401. The Kier molecular flexibility index (Phi) is 6.26. The maximum absolute atomic E-state index is 13.6. The third-order valence-electron chi connectivity index (χ3n) is 6.60. The molecule has 0 aliphatic carbocycles. The number of rotatable bonds is 7. The average Bonchev–Trinajstić information content (AvgIpc) is 3.21. The largest absolute Gasteiger partial charge is 0.396 e. The van der Waals surface area contributed by atoms with Gasteiger partial charge in [-0.05, 0) is 52.4 Å². The molecule has 3 saturated heterocycles. The second-order valence-electron chi connectivity index (χ2n) is 9.72. The van der Waals surface area contributed by atoms with Gasteiger partial charge in [0.15, 0.2) is 0 Å². The highest BCUT2D eigenvalue weighted by Crippen LogP contribution is 2.68. The Hall–Kier alpha value is -1.28. The lowest BCUT2D eigenvalue weighted by molar-refractivity contribution is -0.140. The van der Waals surface area contributed by atoms with Crippen molar-refractivity contribution in [3.05, 3.63) is 0 Å². The van der Waals surface area contributed by atoms with Gasteiger partial charge in [0, 0.05) is 31.0 Å². The van der Waals surface area contributed by atoms with E-state index in [0.29, 0.717) is 13.0 Å². The first-order valence-electron chi connectivity index (χ1n) is 10.7. The van der Waals surface area contributed by atoms with Crippen molar-refractivity contribution in [1.29, 1.82) is 0 Å². The number of unbranched alkanes of at least 4 members (excludes halogenated alkanes) is 2. The fourth-order valence-electron chi connectivity index (χ4n) is 5.54. The number of thioether (sulfide) groups is 1. The van der Waals surface area contributed by atoms with Gasteiger partial charge in [0.1, 0.15) is 6.04 Å². The minimum Gasteiger partial charge on any atom is -0.396 e. The molecule has 3 aliphatic heterocycles. The van der Waals surface area contributed by atoms with Crippen LogP contribution in [0.15, 0.2) is 0 Å². The lowest BCUT2D eigenvalue weighted by atomic mass is 9.66. The predicted molar refractivity (Wildman–Crippen MR) is 113 cm³/mol. The Labute approximate surface area is 177 Å². The molecular formula is C21H35N3O4S. The molecule has 8 heteroatoms. The number of hydrogen-bond acceptors (Lipinski definition) is 5. The zero-order valence-electron chi connectivity index (χ0n) is 18.2. The van der Waals surface area contributed by atoms with Gasteiger partial charge in [0.25, 0.3) is 0 Å². The fourth-order valence-corrected chi connectivity index (χ4v) is 7.96. The number of likely N-dealkylation sites (tertiary alicyclic amines) is 1. The monoisotopic (exact) mass is 425 g/mol. The Morgan fingerprint density at radius 3 is 2.52 bits per heavy atom. The van der Waals surface area contributed by atoms with Gasteiger partial charge in [-0.1, -0.05) is 6.92 Å². The zero-order chi connectivity index (χ0) is 21.6. The van der Waals surface area contributed by atoms with Crippen LogP contribution in [-0.2, 0) is 14.4 Å². The Balaban J connectivity index is 1.97. The van der Waals surface area contributed by atoms with Crippen molar-refractivity contribution in [3.63, 3.8) is 0 Å². The molecule has 2 bridgehead atoms. The molecule has 7 nitrogen and oxygen atoms in total. The van der Waals surface area contributed by atoms with Gasteiger partial charge < -0.3 is 20.6 Å². The summed E-state index contributed by atoms with van der Waals surface area (Å²) in [5, 5.41) is 15.0. The van der Waals surface area contributed by atoms with Crippen molar-refractivity contribution in [3.8, 4) is 0 Å². The van der Waals surface area contributed by atoms with Gasteiger partial charge in [0.05, 0.1) is 16.6 Å². The molecule has 3 rings (SSSR count). The van der Waals surface area contributed by atoms with Crippen LogP contribution in [0.25, 0.3) is 0 Å². The van der Waals surface area contributed by atoms with Gasteiger partial charge in [-0.3, -0.25) is 14.4 Å². The van der Waals surface area contributed by atoms with Crippen LogP contribution in [0.5, 0.6) is 0 Å². The van der Waals surface area contributed by atoms with Crippen LogP contribution in [0, 0.1) is 17.8 Å². The maximum atomic E-state index is 13.6. The number of carbonyl (C=O) groups is 3. The lowest BCUT2D eigenvalue weighted by Crippen LogP contribution is -2.59. The van der Waals surface area contributed by atoms with Gasteiger partial charge in [0.2, 0.25) is 17.7 Å². The molecule has 6 atom stereocenters. The average molecular weight is 426 g/mol. The molecule has 3 unspecified atom stereocenters. The number of fused-ring (bicyclic) bond motifs is 1. The molecule has 0 saturated carbocycles. The van der Waals surface area contributed by atoms with E-state index >= 15 is 0 Å². The van der Waals surface area contributed by atoms with E-state index in [2.05, 4.69) is 17.6 Å². The highest BCUT2D eigenvalue weighted by molar-refractivity contribution is 8.02. The van der Waals surface area contributed by atoms with Crippen molar-refractivity contribution in [2.24, 2.45) is 17.8 Å². The van der Waals surface area contributed by atoms with Crippen molar-refractivity contribution >= 4 is 29.5 Å². The standard InChI is InChI=1S/C21H35N3O4S/c1-12-11-13-14(17(26)22-5)15-19(28)24(9-7-6-8-10-25)16(21(12,15)29-13)18(27)23-20(2,3)4/h12-16,25H,6-11H2,1-5H3,(H,22,26)(H,23,27)/t12?,13-,14+,15+,16?,21?/m1/s1. The number of aliphatic hydroxyl groups excluding tert-OH is 1. The number of carbonyl (C=O) groups excluding carboxylic acids is 3. The number of nitrogens with one attached hydrogen (secondary N) is 2. The lowest BCUT2D eigenvalue weighted by Gasteiger charge is -2.39. The maximum Gasteiger partial charge on any atom is 0.244 e.